The molecule has 0 N–H and O–H groups in total. The summed E-state index contributed by atoms with van der Waals surface area (Å²) in [5, 5.41) is 0. The van der Waals surface area contributed by atoms with Crippen LogP contribution in [0.2, 0.25) is 0 Å². The average molecular weight is 327 g/mol. The van der Waals surface area contributed by atoms with Gasteiger partial charge >= 0.3 is 0 Å². The van der Waals surface area contributed by atoms with E-state index < -0.39 is 5.67 Å². The Bertz CT molecular complexity index is 428. The number of morpholine rings is 1. The number of alkyl halides is 1. The van der Waals surface area contributed by atoms with E-state index >= 15 is 0 Å². The summed E-state index contributed by atoms with van der Waals surface area (Å²) in [6, 6.07) is 0.360. The maximum Gasteiger partial charge on any atom is 0.260 e. The molecule has 0 radical (unpaired) electrons. The lowest BCUT2D eigenvalue weighted by atomic mass is 9.81. The molecule has 0 spiro atoms. The zero-order valence-corrected chi connectivity index (χ0v) is 14.5. The molecular weight excluding hydrogens is 297 g/mol. The minimum Gasteiger partial charge on any atom is -0.375 e. The molecule has 2 saturated heterocycles. The van der Waals surface area contributed by atoms with Gasteiger partial charge in [-0.2, -0.15) is 0 Å². The highest BCUT2D eigenvalue weighted by molar-refractivity contribution is 5.86. The number of ether oxygens (including phenoxy) is 1. The molecule has 0 aromatic carbocycles. The SMILES string of the molecule is CN(C)CCN1CCOC2CCN(C(=O)C3(F)CCC3)CCC21. The van der Waals surface area contributed by atoms with E-state index in [0.29, 0.717) is 32.0 Å². The fourth-order valence-electron chi connectivity index (χ4n) is 3.95. The second-order valence-electron chi connectivity index (χ2n) is 7.50. The van der Waals surface area contributed by atoms with Crippen molar-refractivity contribution in [3.8, 4) is 0 Å². The molecule has 1 amide bonds. The van der Waals surface area contributed by atoms with E-state index in [0.717, 1.165) is 45.5 Å². The van der Waals surface area contributed by atoms with Crippen molar-refractivity contribution in [1.82, 2.24) is 14.7 Å². The number of nitrogens with zero attached hydrogens (tertiary/aromatic N) is 3. The Hall–Kier alpha value is -0.720. The van der Waals surface area contributed by atoms with Crippen molar-refractivity contribution in [2.45, 2.75) is 49.9 Å². The monoisotopic (exact) mass is 327 g/mol. The van der Waals surface area contributed by atoms with Gasteiger partial charge in [0.25, 0.3) is 5.91 Å². The van der Waals surface area contributed by atoms with Gasteiger partial charge < -0.3 is 14.5 Å². The standard InChI is InChI=1S/C17H30FN3O2/c1-19(2)10-11-20-12-13-23-15-5-9-21(8-4-14(15)20)16(22)17(18)6-3-7-17/h14-15H,3-13H2,1-2H3. The van der Waals surface area contributed by atoms with Gasteiger partial charge in [-0.15, -0.1) is 0 Å². The van der Waals surface area contributed by atoms with E-state index in [1.54, 1.807) is 4.90 Å². The topological polar surface area (TPSA) is 36.0 Å². The summed E-state index contributed by atoms with van der Waals surface area (Å²) in [7, 11) is 4.18. The van der Waals surface area contributed by atoms with Crippen LogP contribution in [0.15, 0.2) is 0 Å². The van der Waals surface area contributed by atoms with Crippen molar-refractivity contribution in [2.75, 3.05) is 53.4 Å². The highest BCUT2D eigenvalue weighted by Gasteiger charge is 2.47. The Morgan fingerprint density at radius 1 is 1.26 bits per heavy atom. The molecular formula is C17H30FN3O2. The molecule has 5 nitrogen and oxygen atoms in total. The first kappa shape index (κ1) is 17.1. The van der Waals surface area contributed by atoms with Gasteiger partial charge in [0.2, 0.25) is 0 Å². The second kappa shape index (κ2) is 7.03. The highest BCUT2D eigenvalue weighted by Crippen LogP contribution is 2.38. The number of hydrogen-bond donors (Lipinski definition) is 0. The van der Waals surface area contributed by atoms with E-state index in [-0.39, 0.29) is 12.0 Å². The quantitative estimate of drug-likeness (QED) is 0.776. The first-order chi connectivity index (χ1) is 11.0. The molecule has 132 valence electrons. The number of rotatable bonds is 4. The van der Waals surface area contributed by atoms with Gasteiger partial charge in [0, 0.05) is 38.8 Å². The van der Waals surface area contributed by atoms with Gasteiger partial charge in [-0.1, -0.05) is 0 Å². The van der Waals surface area contributed by atoms with Crippen LogP contribution in [0.25, 0.3) is 0 Å². The summed E-state index contributed by atoms with van der Waals surface area (Å²) in [6.07, 6.45) is 3.54. The highest BCUT2D eigenvalue weighted by atomic mass is 19.1. The van der Waals surface area contributed by atoms with Crippen LogP contribution in [0.1, 0.15) is 32.1 Å². The van der Waals surface area contributed by atoms with Crippen molar-refractivity contribution < 1.29 is 13.9 Å². The first-order valence-electron chi connectivity index (χ1n) is 8.98. The molecule has 3 rings (SSSR count). The van der Waals surface area contributed by atoms with Crippen LogP contribution in [0.3, 0.4) is 0 Å². The lowest BCUT2D eigenvalue weighted by Crippen LogP contribution is -2.52. The third kappa shape index (κ3) is 3.69. The zero-order valence-electron chi connectivity index (χ0n) is 14.5. The number of amides is 1. The third-order valence-corrected chi connectivity index (χ3v) is 5.64. The van der Waals surface area contributed by atoms with Crippen LogP contribution >= 0.6 is 0 Å². The fraction of sp³-hybridized carbons (Fsp3) is 0.941. The lowest BCUT2D eigenvalue weighted by Gasteiger charge is -2.40. The molecule has 2 unspecified atom stereocenters. The molecule has 6 heteroatoms. The Balaban J connectivity index is 1.60. The fourth-order valence-corrected chi connectivity index (χ4v) is 3.95. The van der Waals surface area contributed by atoms with E-state index in [2.05, 4.69) is 23.9 Å². The number of carbonyl (C=O) groups excluding carboxylic acids is 1. The van der Waals surface area contributed by atoms with Crippen LogP contribution in [-0.2, 0) is 9.53 Å². The van der Waals surface area contributed by atoms with E-state index in [1.807, 2.05) is 0 Å². The molecule has 3 aliphatic rings. The summed E-state index contributed by atoms with van der Waals surface area (Å²) in [5.41, 5.74) is -1.57. The predicted molar refractivity (Wildman–Crippen MR) is 87.2 cm³/mol. The largest absolute Gasteiger partial charge is 0.375 e. The Kier molecular flexibility index (Phi) is 5.23. The van der Waals surface area contributed by atoms with E-state index in [1.165, 1.54) is 0 Å². The number of hydrogen-bond acceptors (Lipinski definition) is 4. The van der Waals surface area contributed by atoms with Crippen LogP contribution in [0.5, 0.6) is 0 Å². The summed E-state index contributed by atoms with van der Waals surface area (Å²) in [4.78, 5) is 18.9. The van der Waals surface area contributed by atoms with Gasteiger partial charge in [0.05, 0.1) is 12.7 Å². The number of fused-ring (bicyclic) bond motifs is 1. The number of likely N-dealkylation sites (tertiary alicyclic amines) is 1. The van der Waals surface area contributed by atoms with Crippen molar-refractivity contribution in [3.05, 3.63) is 0 Å². The van der Waals surface area contributed by atoms with Crippen LogP contribution in [0, 0.1) is 0 Å². The average Bonchev–Trinajstić information content (AvgIpc) is 2.72. The lowest BCUT2D eigenvalue weighted by molar-refractivity contribution is -0.149. The molecule has 1 saturated carbocycles. The second-order valence-corrected chi connectivity index (χ2v) is 7.50. The molecule has 0 aromatic rings. The molecule has 2 heterocycles. The van der Waals surface area contributed by atoms with Gasteiger partial charge in [-0.3, -0.25) is 9.69 Å². The predicted octanol–water partition coefficient (Wildman–Crippen LogP) is 1.13. The van der Waals surface area contributed by atoms with Gasteiger partial charge in [0.15, 0.2) is 5.67 Å². The minimum atomic E-state index is -1.57. The normalized spacial score (nSPS) is 31.4. The van der Waals surface area contributed by atoms with Crippen LogP contribution in [-0.4, -0.2) is 91.8 Å². The first-order valence-corrected chi connectivity index (χ1v) is 8.98. The molecule has 0 aromatic heterocycles. The van der Waals surface area contributed by atoms with Gasteiger partial charge in [-0.25, -0.2) is 4.39 Å². The summed E-state index contributed by atoms with van der Waals surface area (Å²) in [5.74, 6) is -0.276. The molecule has 23 heavy (non-hydrogen) atoms. The summed E-state index contributed by atoms with van der Waals surface area (Å²) in [6.45, 7) is 5.06. The summed E-state index contributed by atoms with van der Waals surface area (Å²) >= 11 is 0. The Morgan fingerprint density at radius 3 is 2.65 bits per heavy atom. The summed E-state index contributed by atoms with van der Waals surface area (Å²) < 4.78 is 20.4. The molecule has 3 fully saturated rings. The Labute approximate surface area is 138 Å². The number of halogens is 1. The molecule has 2 atom stereocenters. The van der Waals surface area contributed by atoms with E-state index in [4.69, 9.17) is 4.74 Å². The molecule has 2 aliphatic heterocycles. The molecule has 0 bridgehead atoms. The van der Waals surface area contributed by atoms with Crippen LogP contribution < -0.4 is 0 Å². The van der Waals surface area contributed by atoms with Crippen molar-refractivity contribution in [1.29, 1.82) is 0 Å². The van der Waals surface area contributed by atoms with Crippen molar-refractivity contribution in [3.63, 3.8) is 0 Å². The van der Waals surface area contributed by atoms with Gasteiger partial charge in [-0.05, 0) is 46.2 Å². The molecule has 1 aliphatic carbocycles. The smallest absolute Gasteiger partial charge is 0.260 e. The van der Waals surface area contributed by atoms with Gasteiger partial charge in [0.1, 0.15) is 0 Å². The third-order valence-electron chi connectivity index (χ3n) is 5.64. The van der Waals surface area contributed by atoms with Crippen LogP contribution in [0.4, 0.5) is 4.39 Å². The number of likely N-dealkylation sites (N-methyl/N-ethyl adjacent to an activating group) is 1. The van der Waals surface area contributed by atoms with E-state index in [9.17, 15) is 9.18 Å². The Morgan fingerprint density at radius 2 is 2.00 bits per heavy atom. The maximum atomic E-state index is 14.4. The number of carbonyl (C=O) groups is 1. The maximum absolute atomic E-state index is 14.4. The van der Waals surface area contributed by atoms with Crippen molar-refractivity contribution in [2.24, 2.45) is 0 Å². The zero-order chi connectivity index (χ0) is 16.4. The minimum absolute atomic E-state index is 0.181. The van der Waals surface area contributed by atoms with Crippen molar-refractivity contribution >= 4 is 5.91 Å².